The van der Waals surface area contributed by atoms with Gasteiger partial charge in [0.2, 0.25) is 0 Å². The number of hydrogen-bond donors (Lipinski definition) is 1. The molecule has 20 heavy (non-hydrogen) atoms. The quantitative estimate of drug-likeness (QED) is 0.686. The molecule has 0 unspecified atom stereocenters. The van der Waals surface area contributed by atoms with Gasteiger partial charge in [0.05, 0.1) is 13.2 Å². The lowest BCUT2D eigenvalue weighted by atomic mass is 10.1. The van der Waals surface area contributed by atoms with E-state index in [0.29, 0.717) is 26.3 Å². The van der Waals surface area contributed by atoms with Crippen LogP contribution >= 0.6 is 0 Å². The predicted molar refractivity (Wildman–Crippen MR) is 72.6 cm³/mol. The topological polar surface area (TPSA) is 79.3 Å². The molecule has 0 saturated heterocycles. The van der Waals surface area contributed by atoms with Crippen molar-refractivity contribution in [2.24, 2.45) is 0 Å². The fraction of sp³-hybridized carbons (Fsp3) is 0.692. The third-order valence-corrected chi connectivity index (χ3v) is 3.07. The van der Waals surface area contributed by atoms with Gasteiger partial charge >= 0.3 is 12.0 Å². The standard InChI is InChI=1S/C13H22N2O5/c1-19-8-7-15(9-12(16)17)13(18)14-5-3-11(4-6-14)10-20-2/h3H,4-10H2,1-2H3,(H,16,17). The van der Waals surface area contributed by atoms with Crippen LogP contribution in [-0.2, 0) is 14.3 Å². The minimum Gasteiger partial charge on any atom is -0.480 e. The first-order chi connectivity index (χ1) is 9.58. The van der Waals surface area contributed by atoms with Crippen LogP contribution in [0.25, 0.3) is 0 Å². The van der Waals surface area contributed by atoms with E-state index in [1.54, 1.807) is 12.0 Å². The molecular formula is C13H22N2O5. The molecule has 7 nitrogen and oxygen atoms in total. The van der Waals surface area contributed by atoms with Crippen LogP contribution in [0.5, 0.6) is 0 Å². The number of aliphatic carboxylic acids is 1. The second-order valence-corrected chi connectivity index (χ2v) is 4.58. The number of urea groups is 1. The smallest absolute Gasteiger partial charge is 0.323 e. The summed E-state index contributed by atoms with van der Waals surface area (Å²) in [5.41, 5.74) is 1.17. The van der Waals surface area contributed by atoms with Crippen LogP contribution in [0.15, 0.2) is 11.6 Å². The molecule has 1 heterocycles. The van der Waals surface area contributed by atoms with E-state index >= 15 is 0 Å². The van der Waals surface area contributed by atoms with Crippen molar-refractivity contribution >= 4 is 12.0 Å². The lowest BCUT2D eigenvalue weighted by Gasteiger charge is -2.31. The van der Waals surface area contributed by atoms with Crippen LogP contribution in [0.3, 0.4) is 0 Å². The summed E-state index contributed by atoms with van der Waals surface area (Å²) in [6, 6.07) is -0.267. The van der Waals surface area contributed by atoms with Crippen molar-refractivity contribution in [1.29, 1.82) is 0 Å². The second kappa shape index (κ2) is 8.55. The molecule has 0 aromatic rings. The van der Waals surface area contributed by atoms with Crippen LogP contribution in [0, 0.1) is 0 Å². The molecule has 0 aromatic carbocycles. The largest absolute Gasteiger partial charge is 0.480 e. The minimum atomic E-state index is -1.03. The number of methoxy groups -OCH3 is 2. The van der Waals surface area contributed by atoms with Crippen LogP contribution in [0.1, 0.15) is 6.42 Å². The summed E-state index contributed by atoms with van der Waals surface area (Å²) in [6.07, 6.45) is 2.71. The molecule has 1 aliphatic rings. The number of carbonyl (C=O) groups excluding carboxylic acids is 1. The van der Waals surface area contributed by atoms with Crippen molar-refractivity contribution in [3.63, 3.8) is 0 Å². The molecule has 114 valence electrons. The summed E-state index contributed by atoms with van der Waals surface area (Å²) in [7, 11) is 3.15. The number of amides is 2. The SMILES string of the molecule is COCCN(CC(=O)O)C(=O)N1CC=C(COC)CC1. The van der Waals surface area contributed by atoms with E-state index in [1.807, 2.05) is 6.08 Å². The van der Waals surface area contributed by atoms with Gasteiger partial charge in [0.1, 0.15) is 6.54 Å². The highest BCUT2D eigenvalue weighted by Crippen LogP contribution is 2.12. The maximum Gasteiger partial charge on any atom is 0.323 e. The summed E-state index contributed by atoms with van der Waals surface area (Å²) in [5, 5.41) is 8.86. The number of ether oxygens (including phenoxy) is 2. The van der Waals surface area contributed by atoms with Gasteiger partial charge in [-0.15, -0.1) is 0 Å². The predicted octanol–water partition coefficient (Wildman–Crippen LogP) is 0.418. The zero-order chi connectivity index (χ0) is 15.0. The van der Waals surface area contributed by atoms with Crippen LogP contribution in [0.2, 0.25) is 0 Å². The van der Waals surface area contributed by atoms with E-state index < -0.39 is 5.97 Å². The van der Waals surface area contributed by atoms with E-state index in [-0.39, 0.29) is 19.1 Å². The molecule has 0 atom stereocenters. The van der Waals surface area contributed by atoms with Crippen LogP contribution in [-0.4, -0.2) is 80.5 Å². The van der Waals surface area contributed by atoms with Crippen molar-refractivity contribution in [3.05, 3.63) is 11.6 Å². The Labute approximate surface area is 118 Å². The molecule has 1 N–H and O–H groups in total. The molecule has 0 aromatic heterocycles. The lowest BCUT2D eigenvalue weighted by Crippen LogP contribution is -2.48. The monoisotopic (exact) mass is 286 g/mol. The van der Waals surface area contributed by atoms with Gasteiger partial charge in [-0.2, -0.15) is 0 Å². The molecule has 1 rings (SSSR count). The molecule has 0 aliphatic carbocycles. The van der Waals surface area contributed by atoms with E-state index in [4.69, 9.17) is 14.6 Å². The van der Waals surface area contributed by atoms with E-state index in [0.717, 1.165) is 6.42 Å². The third-order valence-electron chi connectivity index (χ3n) is 3.07. The van der Waals surface area contributed by atoms with Gasteiger partial charge in [-0.1, -0.05) is 6.08 Å². The highest BCUT2D eigenvalue weighted by molar-refractivity contribution is 5.80. The minimum absolute atomic E-state index is 0.267. The van der Waals surface area contributed by atoms with Gasteiger partial charge in [-0.05, 0) is 12.0 Å². The Balaban J connectivity index is 2.58. The Hall–Kier alpha value is -1.60. The Kier molecular flexibility index (Phi) is 7.03. The number of carboxylic acids is 1. The van der Waals surface area contributed by atoms with E-state index in [1.165, 1.54) is 17.6 Å². The number of hydrogen-bond acceptors (Lipinski definition) is 4. The molecule has 0 fully saturated rings. The Morgan fingerprint density at radius 2 is 2.15 bits per heavy atom. The van der Waals surface area contributed by atoms with Crippen molar-refractivity contribution in [2.75, 3.05) is 53.6 Å². The first-order valence-corrected chi connectivity index (χ1v) is 6.50. The highest BCUT2D eigenvalue weighted by Gasteiger charge is 2.24. The fourth-order valence-electron chi connectivity index (χ4n) is 2.01. The third kappa shape index (κ3) is 5.18. The van der Waals surface area contributed by atoms with Gasteiger partial charge < -0.3 is 24.4 Å². The normalized spacial score (nSPS) is 14.9. The number of carbonyl (C=O) groups is 2. The van der Waals surface area contributed by atoms with Crippen molar-refractivity contribution in [2.45, 2.75) is 6.42 Å². The van der Waals surface area contributed by atoms with Crippen molar-refractivity contribution in [3.8, 4) is 0 Å². The first-order valence-electron chi connectivity index (χ1n) is 6.50. The van der Waals surface area contributed by atoms with Gasteiger partial charge in [0.15, 0.2) is 0 Å². The molecule has 0 saturated carbocycles. The number of rotatable bonds is 7. The highest BCUT2D eigenvalue weighted by atomic mass is 16.5. The average Bonchev–Trinajstić information content (AvgIpc) is 2.43. The lowest BCUT2D eigenvalue weighted by molar-refractivity contribution is -0.137. The van der Waals surface area contributed by atoms with Gasteiger partial charge in [-0.25, -0.2) is 4.79 Å². The summed E-state index contributed by atoms with van der Waals surface area (Å²) in [4.78, 5) is 26.0. The summed E-state index contributed by atoms with van der Waals surface area (Å²) in [6.45, 7) is 1.92. The maximum atomic E-state index is 12.3. The van der Waals surface area contributed by atoms with Crippen LogP contribution < -0.4 is 0 Å². The second-order valence-electron chi connectivity index (χ2n) is 4.58. The Bertz CT molecular complexity index is 370. The Morgan fingerprint density at radius 1 is 1.40 bits per heavy atom. The van der Waals surface area contributed by atoms with E-state index in [9.17, 15) is 9.59 Å². The number of carboxylic acid groups (broad SMARTS) is 1. The molecule has 7 heteroatoms. The van der Waals surface area contributed by atoms with Crippen molar-refractivity contribution in [1.82, 2.24) is 9.80 Å². The molecule has 1 aliphatic heterocycles. The van der Waals surface area contributed by atoms with Crippen LogP contribution in [0.4, 0.5) is 4.79 Å². The Morgan fingerprint density at radius 3 is 2.65 bits per heavy atom. The van der Waals surface area contributed by atoms with Gasteiger partial charge in [0.25, 0.3) is 0 Å². The van der Waals surface area contributed by atoms with Crippen molar-refractivity contribution < 1.29 is 24.2 Å². The zero-order valence-electron chi connectivity index (χ0n) is 12.0. The molecule has 2 amide bonds. The molecule has 0 bridgehead atoms. The zero-order valence-corrected chi connectivity index (χ0v) is 12.0. The van der Waals surface area contributed by atoms with Gasteiger partial charge in [0, 0.05) is 33.9 Å². The summed E-state index contributed by atoms with van der Waals surface area (Å²) in [5.74, 6) is -1.03. The number of nitrogens with zero attached hydrogens (tertiary/aromatic N) is 2. The molecule has 0 spiro atoms. The summed E-state index contributed by atoms with van der Waals surface area (Å²) >= 11 is 0. The fourth-order valence-corrected chi connectivity index (χ4v) is 2.01. The van der Waals surface area contributed by atoms with E-state index in [2.05, 4.69) is 0 Å². The molecular weight excluding hydrogens is 264 g/mol. The maximum absolute atomic E-state index is 12.3. The average molecular weight is 286 g/mol. The molecule has 0 radical (unpaired) electrons. The summed E-state index contributed by atoms with van der Waals surface area (Å²) < 4.78 is 9.96. The first kappa shape index (κ1) is 16.5. The van der Waals surface area contributed by atoms with Gasteiger partial charge in [-0.3, -0.25) is 4.79 Å².